The van der Waals surface area contributed by atoms with Gasteiger partial charge in [-0.15, -0.1) is 0 Å². The normalized spacial score (nSPS) is 43.6. The number of rotatable bonds is 2. The van der Waals surface area contributed by atoms with Crippen molar-refractivity contribution in [3.05, 3.63) is 11.6 Å². The monoisotopic (exact) mass is 402 g/mol. The van der Waals surface area contributed by atoms with E-state index in [0.717, 1.165) is 31.3 Å². The van der Waals surface area contributed by atoms with Gasteiger partial charge in [-0.3, -0.25) is 19.2 Å². The van der Waals surface area contributed by atoms with Crippen molar-refractivity contribution >= 4 is 23.5 Å². The van der Waals surface area contributed by atoms with E-state index in [-0.39, 0.29) is 46.8 Å². The maximum atomic E-state index is 13.3. The third kappa shape index (κ3) is 3.06. The zero-order valence-electron chi connectivity index (χ0n) is 17.7. The molecule has 4 aliphatic rings. The van der Waals surface area contributed by atoms with Crippen LogP contribution in [0.15, 0.2) is 11.6 Å². The van der Waals surface area contributed by atoms with E-state index in [0.29, 0.717) is 12.8 Å². The van der Waals surface area contributed by atoms with E-state index in [1.165, 1.54) is 13.8 Å². The minimum Gasteiger partial charge on any atom is -0.462 e. The Labute approximate surface area is 171 Å². The van der Waals surface area contributed by atoms with Crippen molar-refractivity contribution in [2.75, 3.05) is 0 Å². The number of esters is 2. The quantitative estimate of drug-likeness (QED) is 0.660. The second-order valence-corrected chi connectivity index (χ2v) is 9.86. The molecule has 0 bridgehead atoms. The lowest BCUT2D eigenvalue weighted by Gasteiger charge is -2.55. The Bertz CT molecular complexity index is 812. The highest BCUT2D eigenvalue weighted by Gasteiger charge is 2.64. The topological polar surface area (TPSA) is 86.7 Å². The van der Waals surface area contributed by atoms with Crippen LogP contribution in [0.25, 0.3) is 0 Å². The Morgan fingerprint density at radius 2 is 1.62 bits per heavy atom. The maximum absolute atomic E-state index is 13.3. The van der Waals surface area contributed by atoms with E-state index in [1.807, 2.05) is 6.92 Å². The molecule has 3 fully saturated rings. The average Bonchev–Trinajstić information content (AvgIpc) is 2.87. The van der Waals surface area contributed by atoms with Crippen LogP contribution in [0.3, 0.4) is 0 Å². The van der Waals surface area contributed by atoms with Gasteiger partial charge in [-0.1, -0.05) is 19.4 Å². The minimum absolute atomic E-state index is 0.0255. The van der Waals surface area contributed by atoms with Gasteiger partial charge in [0.15, 0.2) is 17.7 Å². The van der Waals surface area contributed by atoms with E-state index < -0.39 is 17.5 Å². The van der Waals surface area contributed by atoms with Crippen molar-refractivity contribution in [2.45, 2.75) is 78.4 Å². The fraction of sp³-hybridized carbons (Fsp3) is 0.739. The summed E-state index contributed by atoms with van der Waals surface area (Å²) in [5.41, 5.74) is 0.373. The lowest BCUT2D eigenvalue weighted by atomic mass is 9.48. The summed E-state index contributed by atoms with van der Waals surface area (Å²) >= 11 is 0. The number of ether oxygens (including phenoxy) is 2. The predicted molar refractivity (Wildman–Crippen MR) is 104 cm³/mol. The number of hydrogen-bond acceptors (Lipinski definition) is 6. The Balaban J connectivity index is 1.65. The largest absolute Gasteiger partial charge is 0.462 e. The van der Waals surface area contributed by atoms with Crippen LogP contribution in [0.4, 0.5) is 0 Å². The molecular formula is C23H30O6. The van der Waals surface area contributed by atoms with Crippen LogP contribution >= 0.6 is 0 Å². The van der Waals surface area contributed by atoms with Crippen molar-refractivity contribution < 1.29 is 28.7 Å². The number of fused-ring (bicyclic) bond motifs is 5. The van der Waals surface area contributed by atoms with Crippen molar-refractivity contribution in [3.63, 3.8) is 0 Å². The zero-order valence-corrected chi connectivity index (χ0v) is 17.7. The highest BCUT2D eigenvalue weighted by Crippen LogP contribution is 2.63. The smallest absolute Gasteiger partial charge is 0.303 e. The Morgan fingerprint density at radius 1 is 0.966 bits per heavy atom. The van der Waals surface area contributed by atoms with Crippen LogP contribution in [0.5, 0.6) is 0 Å². The zero-order chi connectivity index (χ0) is 21.1. The molecule has 0 N–H and O–H groups in total. The average molecular weight is 402 g/mol. The molecule has 4 rings (SSSR count). The molecule has 4 aliphatic carbocycles. The first-order chi connectivity index (χ1) is 13.6. The maximum Gasteiger partial charge on any atom is 0.303 e. The Morgan fingerprint density at radius 3 is 2.28 bits per heavy atom. The van der Waals surface area contributed by atoms with Gasteiger partial charge >= 0.3 is 11.9 Å². The molecule has 0 aliphatic heterocycles. The number of hydrogen-bond donors (Lipinski definition) is 0. The molecule has 6 heteroatoms. The molecule has 6 nitrogen and oxygen atoms in total. The highest BCUT2D eigenvalue weighted by atomic mass is 16.5. The van der Waals surface area contributed by atoms with E-state index in [9.17, 15) is 19.2 Å². The SMILES string of the molecule is CC(=O)OC1CCC2(C)C(=CC(=O)C3C4CC(OC(C)=O)C(=O)C4(C)CCC32)C1. The summed E-state index contributed by atoms with van der Waals surface area (Å²) in [4.78, 5) is 49.1. The van der Waals surface area contributed by atoms with Crippen LogP contribution < -0.4 is 0 Å². The molecule has 0 spiro atoms. The van der Waals surface area contributed by atoms with E-state index in [2.05, 4.69) is 6.92 Å². The van der Waals surface area contributed by atoms with Crippen molar-refractivity contribution in [1.29, 1.82) is 0 Å². The first-order valence-corrected chi connectivity index (χ1v) is 10.7. The summed E-state index contributed by atoms with van der Waals surface area (Å²) in [5.74, 6) is -0.803. The molecule has 29 heavy (non-hydrogen) atoms. The first kappa shape index (κ1) is 20.3. The Kier molecular flexibility index (Phi) is 4.74. The van der Waals surface area contributed by atoms with Gasteiger partial charge in [0.25, 0.3) is 0 Å². The standard InChI is InChI=1S/C23H30O6/c1-12(24)28-15-5-7-22(3)14(9-15)10-18(26)20-16(22)6-8-23(4)17(20)11-19(21(23)27)29-13(2)25/h10,15-17,19-20H,5-9,11H2,1-4H3. The number of allylic oxidation sites excluding steroid dienone is 1. The van der Waals surface area contributed by atoms with Crippen LogP contribution in [-0.4, -0.2) is 35.7 Å². The molecule has 3 saturated carbocycles. The fourth-order valence-electron chi connectivity index (χ4n) is 6.78. The summed E-state index contributed by atoms with van der Waals surface area (Å²) in [6.07, 6.45) is 5.13. The van der Waals surface area contributed by atoms with Gasteiger partial charge in [0.2, 0.25) is 0 Å². The number of Topliss-reactive ketones (excluding diaryl/α,β-unsaturated/α-hetero) is 1. The van der Waals surface area contributed by atoms with Crippen LogP contribution in [0.2, 0.25) is 0 Å². The molecule has 0 heterocycles. The molecule has 0 amide bonds. The summed E-state index contributed by atoms with van der Waals surface area (Å²) < 4.78 is 10.7. The molecule has 0 aromatic rings. The van der Waals surface area contributed by atoms with Gasteiger partial charge in [-0.25, -0.2) is 0 Å². The van der Waals surface area contributed by atoms with Crippen LogP contribution in [0.1, 0.15) is 66.2 Å². The molecule has 158 valence electrons. The van der Waals surface area contributed by atoms with Crippen LogP contribution in [0, 0.1) is 28.6 Å². The molecular weight excluding hydrogens is 372 g/mol. The Hall–Kier alpha value is -1.98. The molecule has 0 aromatic carbocycles. The van der Waals surface area contributed by atoms with Crippen molar-refractivity contribution in [1.82, 2.24) is 0 Å². The van der Waals surface area contributed by atoms with Gasteiger partial charge < -0.3 is 9.47 Å². The minimum atomic E-state index is -0.730. The lowest BCUT2D eigenvalue weighted by molar-refractivity contribution is -0.154. The summed E-state index contributed by atoms with van der Waals surface area (Å²) in [6.45, 7) is 6.93. The highest BCUT2D eigenvalue weighted by molar-refractivity contribution is 5.98. The lowest BCUT2D eigenvalue weighted by Crippen LogP contribution is -2.53. The predicted octanol–water partition coefficient (Wildman–Crippen LogP) is 3.17. The van der Waals surface area contributed by atoms with Gasteiger partial charge in [0.05, 0.1) is 0 Å². The molecule has 0 aromatic heterocycles. The fourth-order valence-corrected chi connectivity index (χ4v) is 6.78. The first-order valence-electron chi connectivity index (χ1n) is 10.7. The van der Waals surface area contributed by atoms with E-state index in [4.69, 9.17) is 9.47 Å². The number of carbonyl (C=O) groups is 4. The number of carbonyl (C=O) groups excluding carboxylic acids is 4. The molecule has 0 saturated heterocycles. The third-order valence-electron chi connectivity index (χ3n) is 8.25. The van der Waals surface area contributed by atoms with Gasteiger partial charge in [0, 0.05) is 31.6 Å². The van der Waals surface area contributed by atoms with Crippen molar-refractivity contribution in [2.24, 2.45) is 28.6 Å². The second kappa shape index (κ2) is 6.78. The van der Waals surface area contributed by atoms with E-state index in [1.54, 1.807) is 6.08 Å². The van der Waals surface area contributed by atoms with Crippen LogP contribution in [-0.2, 0) is 28.7 Å². The van der Waals surface area contributed by atoms with Gasteiger partial charge in [-0.2, -0.15) is 0 Å². The summed E-state index contributed by atoms with van der Waals surface area (Å²) in [6, 6.07) is 0. The number of ketones is 2. The molecule has 7 atom stereocenters. The van der Waals surface area contributed by atoms with Gasteiger partial charge in [-0.05, 0) is 55.4 Å². The summed E-state index contributed by atoms with van der Waals surface area (Å²) in [5, 5.41) is 0. The third-order valence-corrected chi connectivity index (χ3v) is 8.25. The van der Waals surface area contributed by atoms with Gasteiger partial charge in [0.1, 0.15) is 6.10 Å². The molecule has 7 unspecified atom stereocenters. The molecule has 0 radical (unpaired) electrons. The van der Waals surface area contributed by atoms with E-state index >= 15 is 0 Å². The van der Waals surface area contributed by atoms with Crippen molar-refractivity contribution in [3.8, 4) is 0 Å². The summed E-state index contributed by atoms with van der Waals surface area (Å²) in [7, 11) is 0. The second-order valence-electron chi connectivity index (χ2n) is 9.86.